The highest BCUT2D eigenvalue weighted by Crippen LogP contribution is 2.38. The molecule has 2 fully saturated rings. The number of hydrogen-bond donors (Lipinski definition) is 0. The quantitative estimate of drug-likeness (QED) is 0.626. The number of carbonyl (C=O) groups is 1. The summed E-state index contributed by atoms with van der Waals surface area (Å²) in [6, 6.07) is 0. The van der Waals surface area contributed by atoms with Crippen LogP contribution >= 0.6 is 0 Å². The van der Waals surface area contributed by atoms with E-state index >= 15 is 0 Å². The van der Waals surface area contributed by atoms with E-state index in [4.69, 9.17) is 4.74 Å². The molecule has 1 unspecified atom stereocenters. The van der Waals surface area contributed by atoms with Gasteiger partial charge >= 0.3 is 0 Å². The van der Waals surface area contributed by atoms with E-state index in [1.54, 1.807) is 0 Å². The maximum absolute atomic E-state index is 11.0. The zero-order valence-electron chi connectivity index (χ0n) is 8.13. The van der Waals surface area contributed by atoms with Crippen molar-refractivity contribution in [2.24, 2.45) is 5.92 Å². The fourth-order valence-corrected chi connectivity index (χ4v) is 2.36. The molecule has 13 heavy (non-hydrogen) atoms. The molecule has 2 heteroatoms. The fraction of sp³-hybridized carbons (Fsp3) is 0.909. The first-order valence-corrected chi connectivity index (χ1v) is 5.45. The van der Waals surface area contributed by atoms with Crippen LogP contribution in [0.1, 0.15) is 44.9 Å². The van der Waals surface area contributed by atoms with Crippen LogP contribution in [-0.2, 0) is 9.53 Å². The fourth-order valence-electron chi connectivity index (χ4n) is 2.36. The van der Waals surface area contributed by atoms with Crippen LogP contribution in [-0.4, -0.2) is 18.5 Å². The molecule has 1 atom stereocenters. The molecule has 0 bridgehead atoms. The maximum Gasteiger partial charge on any atom is 0.151 e. The Morgan fingerprint density at radius 1 is 1.31 bits per heavy atom. The first-order chi connectivity index (χ1) is 6.35. The van der Waals surface area contributed by atoms with Gasteiger partial charge in [0.25, 0.3) is 0 Å². The third-order valence-corrected chi connectivity index (χ3v) is 3.46. The molecular weight excluding hydrogens is 164 g/mol. The van der Waals surface area contributed by atoms with Crippen LogP contribution in [0, 0.1) is 5.92 Å². The Morgan fingerprint density at radius 2 is 2.15 bits per heavy atom. The number of ether oxygens (including phenoxy) is 1. The van der Waals surface area contributed by atoms with Gasteiger partial charge in [0.05, 0.1) is 0 Å². The predicted octanol–water partition coefficient (Wildman–Crippen LogP) is 2.31. The summed E-state index contributed by atoms with van der Waals surface area (Å²) in [7, 11) is 0. The molecule has 2 rings (SSSR count). The van der Waals surface area contributed by atoms with Gasteiger partial charge in [-0.2, -0.15) is 0 Å². The van der Waals surface area contributed by atoms with Crippen LogP contribution < -0.4 is 0 Å². The molecule has 2 nitrogen and oxygen atoms in total. The van der Waals surface area contributed by atoms with Gasteiger partial charge in [-0.3, -0.25) is 0 Å². The molecule has 0 aromatic carbocycles. The molecule has 1 saturated carbocycles. The number of carbonyl (C=O) groups excluding carboxylic acids is 1. The Labute approximate surface area is 79.7 Å². The lowest BCUT2D eigenvalue weighted by atomic mass is 9.75. The molecule has 0 aromatic heterocycles. The summed E-state index contributed by atoms with van der Waals surface area (Å²) >= 11 is 0. The van der Waals surface area contributed by atoms with E-state index in [0.29, 0.717) is 0 Å². The summed E-state index contributed by atoms with van der Waals surface area (Å²) in [5, 5.41) is 0. The van der Waals surface area contributed by atoms with Crippen molar-refractivity contribution in [1.82, 2.24) is 0 Å². The van der Waals surface area contributed by atoms with Gasteiger partial charge in [-0.1, -0.05) is 19.3 Å². The Hall–Kier alpha value is -0.370. The van der Waals surface area contributed by atoms with Crippen molar-refractivity contribution in [2.45, 2.75) is 50.5 Å². The topological polar surface area (TPSA) is 26.3 Å². The number of aldehydes is 1. The third kappa shape index (κ3) is 1.93. The van der Waals surface area contributed by atoms with Crippen molar-refractivity contribution in [2.75, 3.05) is 6.61 Å². The van der Waals surface area contributed by atoms with Crippen molar-refractivity contribution in [3.63, 3.8) is 0 Å². The monoisotopic (exact) mass is 182 g/mol. The smallest absolute Gasteiger partial charge is 0.151 e. The van der Waals surface area contributed by atoms with Crippen LogP contribution in [0.4, 0.5) is 0 Å². The standard InChI is InChI=1S/C11H18O2/c12-9-11(6-1-2-7-13-11)8-10-4-3-5-10/h9-10H,1-8H2. The van der Waals surface area contributed by atoms with E-state index < -0.39 is 0 Å². The summed E-state index contributed by atoms with van der Waals surface area (Å²) in [6.07, 6.45) is 9.23. The summed E-state index contributed by atoms with van der Waals surface area (Å²) < 4.78 is 5.65. The summed E-state index contributed by atoms with van der Waals surface area (Å²) in [6.45, 7) is 0.783. The SMILES string of the molecule is O=CC1(CC2CCC2)CCCCO1. The van der Waals surface area contributed by atoms with Crippen LogP contribution in [0.3, 0.4) is 0 Å². The Balaban J connectivity index is 1.91. The predicted molar refractivity (Wildman–Crippen MR) is 50.6 cm³/mol. The molecule has 2 aliphatic rings. The van der Waals surface area contributed by atoms with E-state index in [9.17, 15) is 4.79 Å². The van der Waals surface area contributed by atoms with Gasteiger partial charge in [-0.05, 0) is 31.6 Å². The van der Waals surface area contributed by atoms with E-state index in [1.807, 2.05) is 0 Å². The molecular formula is C11H18O2. The molecule has 74 valence electrons. The zero-order chi connectivity index (χ0) is 9.15. The second kappa shape index (κ2) is 3.79. The highest BCUT2D eigenvalue weighted by atomic mass is 16.5. The Bertz CT molecular complexity index is 179. The summed E-state index contributed by atoms with van der Waals surface area (Å²) in [5.41, 5.74) is -0.386. The zero-order valence-corrected chi connectivity index (χ0v) is 8.13. The molecule has 0 spiro atoms. The molecule has 1 aliphatic heterocycles. The molecule has 0 amide bonds. The van der Waals surface area contributed by atoms with Crippen LogP contribution in [0.15, 0.2) is 0 Å². The first kappa shape index (κ1) is 9.20. The third-order valence-electron chi connectivity index (χ3n) is 3.46. The van der Waals surface area contributed by atoms with Crippen LogP contribution in [0.2, 0.25) is 0 Å². The van der Waals surface area contributed by atoms with Crippen molar-refractivity contribution in [3.8, 4) is 0 Å². The lowest BCUT2D eigenvalue weighted by Crippen LogP contribution is -2.41. The van der Waals surface area contributed by atoms with Gasteiger partial charge in [-0.25, -0.2) is 0 Å². The van der Waals surface area contributed by atoms with E-state index in [-0.39, 0.29) is 5.60 Å². The van der Waals surface area contributed by atoms with Crippen LogP contribution in [0.5, 0.6) is 0 Å². The average Bonchev–Trinajstić information content (AvgIpc) is 2.13. The van der Waals surface area contributed by atoms with Crippen molar-refractivity contribution < 1.29 is 9.53 Å². The highest BCUT2D eigenvalue weighted by molar-refractivity contribution is 5.62. The largest absolute Gasteiger partial charge is 0.368 e. The highest BCUT2D eigenvalue weighted by Gasteiger charge is 2.36. The Kier molecular flexibility index (Phi) is 2.68. The second-order valence-electron chi connectivity index (χ2n) is 4.49. The molecule has 0 N–H and O–H groups in total. The Morgan fingerprint density at radius 3 is 2.62 bits per heavy atom. The lowest BCUT2D eigenvalue weighted by molar-refractivity contribution is -0.142. The maximum atomic E-state index is 11.0. The van der Waals surface area contributed by atoms with Crippen molar-refractivity contribution in [1.29, 1.82) is 0 Å². The normalized spacial score (nSPS) is 35.4. The first-order valence-electron chi connectivity index (χ1n) is 5.45. The van der Waals surface area contributed by atoms with Gasteiger partial charge in [-0.15, -0.1) is 0 Å². The van der Waals surface area contributed by atoms with Gasteiger partial charge in [0, 0.05) is 6.61 Å². The molecule has 0 radical (unpaired) electrons. The van der Waals surface area contributed by atoms with Crippen LogP contribution in [0.25, 0.3) is 0 Å². The summed E-state index contributed by atoms with van der Waals surface area (Å²) in [4.78, 5) is 11.0. The minimum atomic E-state index is -0.386. The number of rotatable bonds is 3. The second-order valence-corrected chi connectivity index (χ2v) is 4.49. The van der Waals surface area contributed by atoms with E-state index in [2.05, 4.69) is 0 Å². The van der Waals surface area contributed by atoms with Crippen molar-refractivity contribution >= 4 is 6.29 Å². The van der Waals surface area contributed by atoms with Crippen molar-refractivity contribution in [3.05, 3.63) is 0 Å². The average molecular weight is 182 g/mol. The molecule has 1 saturated heterocycles. The van der Waals surface area contributed by atoms with E-state index in [1.165, 1.54) is 19.3 Å². The molecule has 1 aliphatic carbocycles. The van der Waals surface area contributed by atoms with Gasteiger partial charge in [0.2, 0.25) is 0 Å². The lowest BCUT2D eigenvalue weighted by Gasteiger charge is -2.38. The van der Waals surface area contributed by atoms with Gasteiger partial charge in [0.15, 0.2) is 6.29 Å². The molecule has 1 heterocycles. The van der Waals surface area contributed by atoms with Gasteiger partial charge < -0.3 is 9.53 Å². The van der Waals surface area contributed by atoms with E-state index in [0.717, 1.165) is 44.5 Å². The molecule has 0 aromatic rings. The summed E-state index contributed by atoms with van der Waals surface area (Å²) in [5.74, 6) is 0.767. The van der Waals surface area contributed by atoms with Gasteiger partial charge in [0.1, 0.15) is 5.60 Å². The minimum Gasteiger partial charge on any atom is -0.368 e. The minimum absolute atomic E-state index is 0.386. The number of hydrogen-bond acceptors (Lipinski definition) is 2.